The van der Waals surface area contributed by atoms with Crippen molar-refractivity contribution in [1.82, 2.24) is 5.32 Å². The van der Waals surface area contributed by atoms with Crippen molar-refractivity contribution < 1.29 is 24.5 Å². The van der Waals surface area contributed by atoms with Crippen molar-refractivity contribution in [3.8, 4) is 0 Å². The quantitative estimate of drug-likeness (QED) is 0.0417. The number of carbonyl (C=O) groups is 2. The van der Waals surface area contributed by atoms with Gasteiger partial charge in [0, 0.05) is 12.8 Å². The van der Waals surface area contributed by atoms with Crippen molar-refractivity contribution in [2.24, 2.45) is 0 Å². The molecule has 6 heteroatoms. The number of unbranched alkanes of at least 4 members (excludes halogenated alkanes) is 54. The number of amides is 1. The van der Waals surface area contributed by atoms with Crippen LogP contribution < -0.4 is 5.32 Å². The fourth-order valence-corrected chi connectivity index (χ4v) is 11.2. The summed E-state index contributed by atoms with van der Waals surface area (Å²) < 4.78 is 5.50. The van der Waals surface area contributed by atoms with Gasteiger partial charge in [-0.25, -0.2) is 0 Å². The van der Waals surface area contributed by atoms with E-state index in [1.807, 2.05) is 0 Å². The van der Waals surface area contributed by atoms with Gasteiger partial charge in [-0.1, -0.05) is 361 Å². The maximum Gasteiger partial charge on any atom is 0.305 e. The summed E-state index contributed by atoms with van der Waals surface area (Å²) in [6.45, 7) is 4.97. The summed E-state index contributed by atoms with van der Waals surface area (Å²) in [5.74, 6) is -0.00471. The van der Waals surface area contributed by atoms with Crippen LogP contribution in [0.4, 0.5) is 0 Å². The normalized spacial score (nSPS) is 12.4. The molecule has 0 rings (SSSR count). The van der Waals surface area contributed by atoms with Crippen molar-refractivity contribution in [2.75, 3.05) is 13.2 Å². The Labute approximate surface area is 464 Å². The Bertz CT molecular complexity index is 1070. The molecule has 0 saturated carbocycles. The van der Waals surface area contributed by atoms with E-state index in [4.69, 9.17) is 4.74 Å². The van der Waals surface area contributed by atoms with E-state index in [0.29, 0.717) is 25.9 Å². The number of ether oxygens (including phenoxy) is 1. The molecule has 0 spiro atoms. The SMILES string of the molecule is CCCCCCCCCCCCCCCCCC(=O)OCCCCCCCCCCCCCCCCCCCCCCCCCCCCCCCCCCCC(=O)NC(CO)C(O)CCCCCCCCCCC. The van der Waals surface area contributed by atoms with Crippen molar-refractivity contribution in [3.63, 3.8) is 0 Å². The summed E-state index contributed by atoms with van der Waals surface area (Å²) in [6.07, 6.45) is 77.4. The van der Waals surface area contributed by atoms with Gasteiger partial charge in [-0.05, 0) is 25.7 Å². The number of hydrogen-bond acceptors (Lipinski definition) is 5. The molecule has 442 valence electrons. The summed E-state index contributed by atoms with van der Waals surface area (Å²) in [4.78, 5) is 24.5. The van der Waals surface area contributed by atoms with Gasteiger partial charge in [0.25, 0.3) is 0 Å². The predicted molar refractivity (Wildman–Crippen MR) is 324 cm³/mol. The Morgan fingerprint density at radius 3 is 0.824 bits per heavy atom. The molecule has 0 heterocycles. The van der Waals surface area contributed by atoms with Crippen LogP contribution in [-0.4, -0.2) is 47.4 Å². The Kier molecular flexibility index (Phi) is 63.4. The summed E-state index contributed by atoms with van der Waals surface area (Å²) in [7, 11) is 0. The third-order valence-corrected chi connectivity index (χ3v) is 16.4. The Hall–Kier alpha value is -1.14. The average molecular weight is 1050 g/mol. The van der Waals surface area contributed by atoms with Crippen LogP contribution in [0.3, 0.4) is 0 Å². The molecule has 0 fully saturated rings. The lowest BCUT2D eigenvalue weighted by molar-refractivity contribution is -0.143. The molecular formula is C68H135NO5. The van der Waals surface area contributed by atoms with Crippen molar-refractivity contribution >= 4 is 11.9 Å². The number of nitrogens with one attached hydrogen (secondary N) is 1. The maximum atomic E-state index is 12.4. The van der Waals surface area contributed by atoms with E-state index in [-0.39, 0.29) is 18.5 Å². The second-order valence-electron chi connectivity index (χ2n) is 23.9. The third-order valence-electron chi connectivity index (χ3n) is 16.4. The Balaban J connectivity index is 3.26. The molecule has 0 radical (unpaired) electrons. The first-order valence-corrected chi connectivity index (χ1v) is 34.3. The first kappa shape index (κ1) is 72.9. The molecule has 0 aromatic carbocycles. The van der Waals surface area contributed by atoms with Crippen LogP contribution in [0.5, 0.6) is 0 Å². The molecule has 0 aliphatic heterocycles. The zero-order valence-electron chi connectivity index (χ0n) is 50.6. The first-order valence-electron chi connectivity index (χ1n) is 34.3. The van der Waals surface area contributed by atoms with Gasteiger partial charge >= 0.3 is 5.97 Å². The number of rotatable bonds is 65. The van der Waals surface area contributed by atoms with Crippen LogP contribution >= 0.6 is 0 Å². The highest BCUT2D eigenvalue weighted by Gasteiger charge is 2.20. The first-order chi connectivity index (χ1) is 36.5. The number of carbonyl (C=O) groups excluding carboxylic acids is 2. The second kappa shape index (κ2) is 64.4. The highest BCUT2D eigenvalue weighted by atomic mass is 16.5. The smallest absolute Gasteiger partial charge is 0.305 e. The van der Waals surface area contributed by atoms with Crippen LogP contribution in [0.1, 0.15) is 399 Å². The molecule has 0 aromatic heterocycles. The lowest BCUT2D eigenvalue weighted by Gasteiger charge is -2.22. The second-order valence-corrected chi connectivity index (χ2v) is 23.9. The van der Waals surface area contributed by atoms with Gasteiger partial charge in [0.05, 0.1) is 25.4 Å². The number of esters is 1. The minimum Gasteiger partial charge on any atom is -0.466 e. The van der Waals surface area contributed by atoms with Gasteiger partial charge in [-0.2, -0.15) is 0 Å². The predicted octanol–water partition coefficient (Wildman–Crippen LogP) is 21.8. The zero-order chi connectivity index (χ0) is 53.6. The summed E-state index contributed by atoms with van der Waals surface area (Å²) in [5, 5.41) is 23.1. The summed E-state index contributed by atoms with van der Waals surface area (Å²) in [6, 6.07) is -0.534. The monoisotopic (exact) mass is 1050 g/mol. The van der Waals surface area contributed by atoms with Crippen LogP contribution in [0.15, 0.2) is 0 Å². The Morgan fingerprint density at radius 1 is 0.324 bits per heavy atom. The van der Waals surface area contributed by atoms with E-state index in [1.165, 1.54) is 327 Å². The van der Waals surface area contributed by atoms with Gasteiger partial charge in [-0.15, -0.1) is 0 Å². The van der Waals surface area contributed by atoms with Gasteiger partial charge in [0.2, 0.25) is 5.91 Å². The van der Waals surface area contributed by atoms with Gasteiger partial charge in [-0.3, -0.25) is 9.59 Å². The minimum absolute atomic E-state index is 0.0255. The molecule has 0 saturated heterocycles. The lowest BCUT2D eigenvalue weighted by atomic mass is 10.0. The molecule has 2 atom stereocenters. The van der Waals surface area contributed by atoms with Crippen LogP contribution in [0.2, 0.25) is 0 Å². The fraction of sp³-hybridized carbons (Fsp3) is 0.971. The number of aliphatic hydroxyl groups excluding tert-OH is 2. The summed E-state index contributed by atoms with van der Waals surface area (Å²) in [5.41, 5.74) is 0. The maximum absolute atomic E-state index is 12.4. The van der Waals surface area contributed by atoms with Crippen LogP contribution in [0, 0.1) is 0 Å². The van der Waals surface area contributed by atoms with E-state index in [9.17, 15) is 19.8 Å². The molecule has 0 aliphatic carbocycles. The zero-order valence-corrected chi connectivity index (χ0v) is 50.6. The average Bonchev–Trinajstić information content (AvgIpc) is 3.40. The van der Waals surface area contributed by atoms with Crippen LogP contribution in [0.25, 0.3) is 0 Å². The Morgan fingerprint density at radius 2 is 0.554 bits per heavy atom. The molecule has 1 amide bonds. The topological polar surface area (TPSA) is 95.9 Å². The van der Waals surface area contributed by atoms with E-state index in [0.717, 1.165) is 38.5 Å². The number of hydrogen-bond donors (Lipinski definition) is 3. The van der Waals surface area contributed by atoms with E-state index in [2.05, 4.69) is 19.2 Å². The van der Waals surface area contributed by atoms with Crippen LogP contribution in [-0.2, 0) is 14.3 Å². The van der Waals surface area contributed by atoms with E-state index >= 15 is 0 Å². The highest BCUT2D eigenvalue weighted by Crippen LogP contribution is 2.19. The third kappa shape index (κ3) is 60.1. The fourth-order valence-electron chi connectivity index (χ4n) is 11.2. The molecule has 3 N–H and O–H groups in total. The van der Waals surface area contributed by atoms with E-state index < -0.39 is 12.1 Å². The highest BCUT2D eigenvalue weighted by molar-refractivity contribution is 5.76. The van der Waals surface area contributed by atoms with Crippen molar-refractivity contribution in [3.05, 3.63) is 0 Å². The van der Waals surface area contributed by atoms with Crippen molar-refractivity contribution in [1.29, 1.82) is 0 Å². The molecule has 2 unspecified atom stereocenters. The molecule has 74 heavy (non-hydrogen) atoms. The molecule has 6 nitrogen and oxygen atoms in total. The number of aliphatic hydroxyl groups is 2. The minimum atomic E-state index is -0.657. The summed E-state index contributed by atoms with van der Waals surface area (Å²) >= 11 is 0. The van der Waals surface area contributed by atoms with Crippen molar-refractivity contribution in [2.45, 2.75) is 411 Å². The van der Waals surface area contributed by atoms with E-state index in [1.54, 1.807) is 0 Å². The van der Waals surface area contributed by atoms with Gasteiger partial charge < -0.3 is 20.3 Å². The molecule has 0 bridgehead atoms. The molecule has 0 aromatic rings. The largest absolute Gasteiger partial charge is 0.466 e. The lowest BCUT2D eigenvalue weighted by Crippen LogP contribution is -2.45. The molecular weight excluding hydrogens is 911 g/mol. The standard InChI is InChI=1S/C68H135NO5/c1-3-5-7-9-11-13-14-15-35-39-42-46-50-54-58-62-68(73)74-63-59-55-51-47-43-40-37-34-32-30-28-26-24-22-20-18-16-17-19-21-23-25-27-29-31-33-36-38-41-45-49-53-57-61-67(72)69-65(64-70)66(71)60-56-52-48-44-12-10-8-6-4-2/h65-66,70-71H,3-64H2,1-2H3,(H,69,72). The van der Waals surface area contributed by atoms with Gasteiger partial charge in [0.15, 0.2) is 0 Å². The van der Waals surface area contributed by atoms with Gasteiger partial charge in [0.1, 0.15) is 0 Å². The molecule has 0 aliphatic rings.